The second-order valence-electron chi connectivity index (χ2n) is 4.55. The van der Waals surface area contributed by atoms with E-state index in [9.17, 15) is 0 Å². The molecule has 1 aliphatic rings. The maximum absolute atomic E-state index is 5.61. The van der Waals surface area contributed by atoms with Crippen LogP contribution in [-0.4, -0.2) is 22.1 Å². The van der Waals surface area contributed by atoms with Gasteiger partial charge in [0.15, 0.2) is 0 Å². The Hall–Kier alpha value is -0.770. The van der Waals surface area contributed by atoms with Crippen LogP contribution in [0.3, 0.4) is 0 Å². The SMILES string of the molecule is CC1CCCC(Nc2nnc(CCCl)o2)C1. The molecule has 4 nitrogen and oxygen atoms in total. The first kappa shape index (κ1) is 11.7. The molecule has 0 aliphatic heterocycles. The Morgan fingerprint density at radius 3 is 3.06 bits per heavy atom. The number of alkyl halides is 1. The largest absolute Gasteiger partial charge is 0.408 e. The topological polar surface area (TPSA) is 51.0 Å². The minimum atomic E-state index is 0.480. The fourth-order valence-electron chi connectivity index (χ4n) is 2.23. The van der Waals surface area contributed by atoms with Crippen LogP contribution in [0.5, 0.6) is 0 Å². The molecule has 1 heterocycles. The number of nitrogens with zero attached hydrogens (tertiary/aromatic N) is 2. The van der Waals surface area contributed by atoms with Crippen molar-refractivity contribution in [2.24, 2.45) is 5.92 Å². The van der Waals surface area contributed by atoms with Crippen LogP contribution < -0.4 is 5.32 Å². The number of aromatic nitrogens is 2. The van der Waals surface area contributed by atoms with Gasteiger partial charge in [0.25, 0.3) is 0 Å². The number of rotatable bonds is 4. The first-order valence-electron chi connectivity index (χ1n) is 5.93. The number of hydrogen-bond donors (Lipinski definition) is 1. The van der Waals surface area contributed by atoms with E-state index in [0.717, 1.165) is 5.92 Å². The monoisotopic (exact) mass is 243 g/mol. The maximum atomic E-state index is 5.61. The molecule has 1 saturated carbocycles. The molecule has 0 aromatic carbocycles. The smallest absolute Gasteiger partial charge is 0.315 e. The molecule has 5 heteroatoms. The molecule has 2 atom stereocenters. The van der Waals surface area contributed by atoms with Gasteiger partial charge >= 0.3 is 6.01 Å². The molecular formula is C11H18ClN3O. The zero-order valence-corrected chi connectivity index (χ0v) is 10.3. The van der Waals surface area contributed by atoms with Crippen molar-refractivity contribution in [2.75, 3.05) is 11.2 Å². The van der Waals surface area contributed by atoms with E-state index < -0.39 is 0 Å². The molecule has 0 spiro atoms. The number of aryl methyl sites for hydroxylation is 1. The minimum absolute atomic E-state index is 0.480. The van der Waals surface area contributed by atoms with Crippen LogP contribution in [0, 0.1) is 5.92 Å². The summed E-state index contributed by atoms with van der Waals surface area (Å²) >= 11 is 5.61. The standard InChI is InChI=1S/C11H18ClN3O/c1-8-3-2-4-9(7-8)13-11-15-14-10(16-11)5-6-12/h8-9H,2-7H2,1H3,(H,13,15). The second-order valence-corrected chi connectivity index (χ2v) is 4.93. The third-order valence-electron chi connectivity index (χ3n) is 3.04. The van der Waals surface area contributed by atoms with Gasteiger partial charge in [0, 0.05) is 18.3 Å². The predicted molar refractivity (Wildman–Crippen MR) is 63.8 cm³/mol. The van der Waals surface area contributed by atoms with Gasteiger partial charge in [-0.3, -0.25) is 0 Å². The Kier molecular flexibility index (Phi) is 4.04. The number of nitrogens with one attached hydrogen (secondary N) is 1. The molecule has 0 saturated heterocycles. The van der Waals surface area contributed by atoms with Gasteiger partial charge in [-0.05, 0) is 18.8 Å². The van der Waals surface area contributed by atoms with Gasteiger partial charge in [0.05, 0.1) is 0 Å². The van der Waals surface area contributed by atoms with Crippen LogP contribution >= 0.6 is 11.6 Å². The third kappa shape index (κ3) is 3.11. The van der Waals surface area contributed by atoms with E-state index in [1.165, 1.54) is 25.7 Å². The lowest BCUT2D eigenvalue weighted by Crippen LogP contribution is -2.26. The van der Waals surface area contributed by atoms with Crippen molar-refractivity contribution in [2.45, 2.75) is 45.1 Å². The Bertz CT molecular complexity index is 329. The van der Waals surface area contributed by atoms with Crippen molar-refractivity contribution in [3.63, 3.8) is 0 Å². The summed E-state index contributed by atoms with van der Waals surface area (Å²) in [6, 6.07) is 1.02. The van der Waals surface area contributed by atoms with Gasteiger partial charge in [0.1, 0.15) is 0 Å². The lowest BCUT2D eigenvalue weighted by molar-refractivity contribution is 0.352. The summed E-state index contributed by atoms with van der Waals surface area (Å²) in [5, 5.41) is 11.2. The fraction of sp³-hybridized carbons (Fsp3) is 0.818. The van der Waals surface area contributed by atoms with Gasteiger partial charge in [0.2, 0.25) is 5.89 Å². The quantitative estimate of drug-likeness (QED) is 0.827. The van der Waals surface area contributed by atoms with E-state index in [0.29, 0.717) is 30.2 Å². The van der Waals surface area contributed by atoms with Gasteiger partial charge in [-0.15, -0.1) is 16.7 Å². The summed E-state index contributed by atoms with van der Waals surface area (Å²) in [6.45, 7) is 2.29. The molecule has 1 aromatic rings. The van der Waals surface area contributed by atoms with Gasteiger partial charge in [-0.1, -0.05) is 24.9 Å². The average molecular weight is 244 g/mol. The lowest BCUT2D eigenvalue weighted by Gasteiger charge is -2.26. The highest BCUT2D eigenvalue weighted by Crippen LogP contribution is 2.25. The fourth-order valence-corrected chi connectivity index (χ4v) is 2.40. The highest BCUT2D eigenvalue weighted by molar-refractivity contribution is 6.17. The van der Waals surface area contributed by atoms with E-state index in [1.54, 1.807) is 0 Å². The summed E-state index contributed by atoms with van der Waals surface area (Å²) < 4.78 is 5.44. The Labute approximate surface area is 101 Å². The Morgan fingerprint density at radius 1 is 1.44 bits per heavy atom. The van der Waals surface area contributed by atoms with Gasteiger partial charge < -0.3 is 9.73 Å². The van der Waals surface area contributed by atoms with Crippen LogP contribution in [0.15, 0.2) is 4.42 Å². The van der Waals surface area contributed by atoms with Gasteiger partial charge in [-0.25, -0.2) is 0 Å². The molecule has 2 rings (SSSR count). The van der Waals surface area contributed by atoms with Crippen molar-refractivity contribution in [3.05, 3.63) is 5.89 Å². The molecule has 0 amide bonds. The zero-order chi connectivity index (χ0) is 11.4. The highest BCUT2D eigenvalue weighted by Gasteiger charge is 2.20. The van der Waals surface area contributed by atoms with Crippen LogP contribution in [-0.2, 0) is 6.42 Å². The zero-order valence-electron chi connectivity index (χ0n) is 9.58. The van der Waals surface area contributed by atoms with E-state index in [-0.39, 0.29) is 0 Å². The van der Waals surface area contributed by atoms with Crippen molar-refractivity contribution < 1.29 is 4.42 Å². The molecule has 1 fully saturated rings. The van der Waals surface area contributed by atoms with E-state index in [4.69, 9.17) is 16.0 Å². The Balaban J connectivity index is 1.87. The molecule has 1 aromatic heterocycles. The molecule has 90 valence electrons. The minimum Gasteiger partial charge on any atom is -0.408 e. The van der Waals surface area contributed by atoms with Crippen LogP contribution in [0.4, 0.5) is 6.01 Å². The summed E-state index contributed by atoms with van der Waals surface area (Å²) in [6.07, 6.45) is 5.63. The maximum Gasteiger partial charge on any atom is 0.315 e. The Morgan fingerprint density at radius 2 is 2.31 bits per heavy atom. The van der Waals surface area contributed by atoms with Crippen molar-refractivity contribution in [3.8, 4) is 0 Å². The third-order valence-corrected chi connectivity index (χ3v) is 3.23. The van der Waals surface area contributed by atoms with E-state index >= 15 is 0 Å². The average Bonchev–Trinajstić information content (AvgIpc) is 2.66. The number of hydrogen-bond acceptors (Lipinski definition) is 4. The van der Waals surface area contributed by atoms with Gasteiger partial charge in [-0.2, -0.15) is 0 Å². The van der Waals surface area contributed by atoms with Crippen molar-refractivity contribution >= 4 is 17.6 Å². The number of anilines is 1. The summed E-state index contributed by atoms with van der Waals surface area (Å²) in [7, 11) is 0. The summed E-state index contributed by atoms with van der Waals surface area (Å²) in [5.74, 6) is 1.92. The van der Waals surface area contributed by atoms with Crippen molar-refractivity contribution in [1.82, 2.24) is 10.2 Å². The molecule has 0 bridgehead atoms. The van der Waals surface area contributed by atoms with Crippen LogP contribution in [0.25, 0.3) is 0 Å². The normalized spacial score (nSPS) is 25.6. The van der Waals surface area contributed by atoms with Crippen molar-refractivity contribution in [1.29, 1.82) is 0 Å². The summed E-state index contributed by atoms with van der Waals surface area (Å²) in [4.78, 5) is 0. The van der Waals surface area contributed by atoms with E-state index in [2.05, 4.69) is 22.4 Å². The highest BCUT2D eigenvalue weighted by atomic mass is 35.5. The van der Waals surface area contributed by atoms with Crippen LogP contribution in [0.2, 0.25) is 0 Å². The molecule has 2 unspecified atom stereocenters. The van der Waals surface area contributed by atoms with E-state index in [1.807, 2.05) is 0 Å². The first-order valence-corrected chi connectivity index (χ1v) is 6.46. The first-order chi connectivity index (χ1) is 7.78. The predicted octanol–water partition coefficient (Wildman–Crippen LogP) is 2.84. The molecule has 16 heavy (non-hydrogen) atoms. The summed E-state index contributed by atoms with van der Waals surface area (Å²) in [5.41, 5.74) is 0. The lowest BCUT2D eigenvalue weighted by atomic mass is 9.87. The number of halogens is 1. The molecule has 0 radical (unpaired) electrons. The van der Waals surface area contributed by atoms with Crippen LogP contribution in [0.1, 0.15) is 38.5 Å². The molecular weight excluding hydrogens is 226 g/mol. The molecule has 1 N–H and O–H groups in total. The second kappa shape index (κ2) is 5.53. The molecule has 1 aliphatic carbocycles.